The van der Waals surface area contributed by atoms with Crippen LogP contribution in [0.2, 0.25) is 0 Å². The maximum absolute atomic E-state index is 5.77. The molecule has 1 heterocycles. The molecule has 1 aromatic rings. The van der Waals surface area contributed by atoms with Crippen LogP contribution in [0.1, 0.15) is 20.3 Å². The van der Waals surface area contributed by atoms with E-state index in [0.717, 1.165) is 36.6 Å². The minimum Gasteiger partial charge on any atom is -0.489 e. The van der Waals surface area contributed by atoms with Gasteiger partial charge in [0.25, 0.3) is 0 Å². The highest BCUT2D eigenvalue weighted by molar-refractivity contribution is 5.76. The molecule has 82 valence electrons. The highest BCUT2D eigenvalue weighted by Gasteiger charge is 2.12. The van der Waals surface area contributed by atoms with Gasteiger partial charge in [-0.1, -0.05) is 6.07 Å². The van der Waals surface area contributed by atoms with E-state index in [4.69, 9.17) is 4.74 Å². The van der Waals surface area contributed by atoms with Crippen molar-refractivity contribution in [1.29, 1.82) is 0 Å². The molecule has 0 atom stereocenters. The van der Waals surface area contributed by atoms with Crippen LogP contribution in [0.4, 0.5) is 11.4 Å². The van der Waals surface area contributed by atoms with E-state index in [2.05, 4.69) is 16.7 Å². The van der Waals surface area contributed by atoms with Crippen molar-refractivity contribution in [3.8, 4) is 5.75 Å². The first-order valence-electron chi connectivity index (χ1n) is 5.55. The predicted molar refractivity (Wildman–Crippen MR) is 63.8 cm³/mol. The van der Waals surface area contributed by atoms with E-state index in [0.29, 0.717) is 0 Å². The number of hydrogen-bond donors (Lipinski definition) is 2. The van der Waals surface area contributed by atoms with Gasteiger partial charge in [0.15, 0.2) is 0 Å². The lowest BCUT2D eigenvalue weighted by Gasteiger charge is -2.16. The van der Waals surface area contributed by atoms with Crippen LogP contribution in [0.25, 0.3) is 0 Å². The number of rotatable bonds is 2. The molecule has 2 N–H and O–H groups in total. The minimum absolute atomic E-state index is 0.210. The van der Waals surface area contributed by atoms with Crippen molar-refractivity contribution in [2.45, 2.75) is 26.4 Å². The van der Waals surface area contributed by atoms with Gasteiger partial charge in [0.1, 0.15) is 11.4 Å². The smallest absolute Gasteiger partial charge is 0.144 e. The number of fused-ring (bicyclic) bond motifs is 1. The maximum atomic E-state index is 5.77. The lowest BCUT2D eigenvalue weighted by molar-refractivity contribution is 0.244. The second kappa shape index (κ2) is 4.43. The molecule has 0 radical (unpaired) electrons. The number of hydrogen-bond acceptors (Lipinski definition) is 3. The van der Waals surface area contributed by atoms with Crippen LogP contribution in [0, 0.1) is 0 Å². The first kappa shape index (κ1) is 10.1. The molecule has 0 amide bonds. The van der Waals surface area contributed by atoms with Crippen molar-refractivity contribution in [2.75, 3.05) is 23.7 Å². The first-order valence-corrected chi connectivity index (χ1v) is 5.55. The van der Waals surface area contributed by atoms with Crippen molar-refractivity contribution in [3.05, 3.63) is 18.2 Å². The number of anilines is 2. The lowest BCUT2D eigenvalue weighted by Crippen LogP contribution is -2.08. The molecule has 3 nitrogen and oxygen atoms in total. The molecule has 2 rings (SSSR count). The van der Waals surface area contributed by atoms with E-state index in [9.17, 15) is 0 Å². The largest absolute Gasteiger partial charge is 0.489 e. The van der Waals surface area contributed by atoms with Gasteiger partial charge in [0.2, 0.25) is 0 Å². The highest BCUT2D eigenvalue weighted by atomic mass is 16.5. The molecule has 1 aromatic carbocycles. The summed E-state index contributed by atoms with van der Waals surface area (Å²) >= 11 is 0. The third-order valence-electron chi connectivity index (χ3n) is 2.36. The number of nitrogens with one attached hydrogen (secondary N) is 2. The van der Waals surface area contributed by atoms with Crippen LogP contribution < -0.4 is 15.4 Å². The zero-order valence-corrected chi connectivity index (χ0v) is 9.34. The summed E-state index contributed by atoms with van der Waals surface area (Å²) in [6.07, 6.45) is 1.34. The summed E-state index contributed by atoms with van der Waals surface area (Å²) in [4.78, 5) is 0. The van der Waals surface area contributed by atoms with Gasteiger partial charge in [-0.2, -0.15) is 0 Å². The van der Waals surface area contributed by atoms with E-state index < -0.39 is 0 Å². The Morgan fingerprint density at radius 3 is 2.80 bits per heavy atom. The van der Waals surface area contributed by atoms with Gasteiger partial charge >= 0.3 is 0 Å². The van der Waals surface area contributed by atoms with Crippen molar-refractivity contribution >= 4 is 11.4 Å². The van der Waals surface area contributed by atoms with Gasteiger partial charge in [0, 0.05) is 13.1 Å². The third-order valence-corrected chi connectivity index (χ3v) is 2.36. The summed E-state index contributed by atoms with van der Waals surface area (Å²) in [5.41, 5.74) is 2.24. The average Bonchev–Trinajstić information content (AvgIpc) is 2.42. The molecule has 0 saturated heterocycles. The molecular weight excluding hydrogens is 188 g/mol. The lowest BCUT2D eigenvalue weighted by atomic mass is 10.2. The van der Waals surface area contributed by atoms with Crippen molar-refractivity contribution in [1.82, 2.24) is 0 Å². The number of para-hydroxylation sites is 1. The normalized spacial score (nSPS) is 14.9. The molecule has 0 aromatic heterocycles. The molecule has 0 saturated carbocycles. The molecule has 3 heteroatoms. The fourth-order valence-electron chi connectivity index (χ4n) is 1.74. The van der Waals surface area contributed by atoms with Crippen LogP contribution in [0.15, 0.2) is 18.2 Å². The topological polar surface area (TPSA) is 33.3 Å². The molecule has 1 aliphatic heterocycles. The van der Waals surface area contributed by atoms with Crippen LogP contribution in [-0.4, -0.2) is 19.2 Å². The Bertz CT molecular complexity index is 336. The van der Waals surface area contributed by atoms with Gasteiger partial charge in [-0.05, 0) is 32.4 Å². The van der Waals surface area contributed by atoms with Gasteiger partial charge < -0.3 is 15.4 Å². The first-order chi connectivity index (χ1) is 7.27. The molecule has 0 spiro atoms. The van der Waals surface area contributed by atoms with E-state index in [1.54, 1.807) is 0 Å². The third kappa shape index (κ3) is 2.35. The maximum Gasteiger partial charge on any atom is 0.144 e. The molecule has 0 unspecified atom stereocenters. The van der Waals surface area contributed by atoms with Crippen molar-refractivity contribution < 1.29 is 4.74 Å². The zero-order chi connectivity index (χ0) is 10.7. The number of ether oxygens (including phenoxy) is 1. The molecule has 0 fully saturated rings. The zero-order valence-electron chi connectivity index (χ0n) is 9.34. The molecule has 0 aliphatic carbocycles. The standard InChI is InChI=1S/C12H18N2O/c1-9(2)15-11-6-3-5-10-12(11)14-8-4-7-13-10/h3,5-6,9,13-14H,4,7-8H2,1-2H3. The second-order valence-corrected chi connectivity index (χ2v) is 4.05. The van der Waals surface area contributed by atoms with Gasteiger partial charge in [-0.3, -0.25) is 0 Å². The molecule has 0 bridgehead atoms. The summed E-state index contributed by atoms with van der Waals surface area (Å²) in [7, 11) is 0. The quantitative estimate of drug-likeness (QED) is 0.780. The fourth-order valence-corrected chi connectivity index (χ4v) is 1.74. The second-order valence-electron chi connectivity index (χ2n) is 4.05. The SMILES string of the molecule is CC(C)Oc1cccc2c1NCCCN2. The van der Waals surface area contributed by atoms with Gasteiger partial charge in [0.05, 0.1) is 11.8 Å². The van der Waals surface area contributed by atoms with Crippen LogP contribution in [0.3, 0.4) is 0 Å². The van der Waals surface area contributed by atoms with E-state index in [1.165, 1.54) is 0 Å². The Hall–Kier alpha value is -1.38. The Kier molecular flexibility index (Phi) is 2.99. The van der Waals surface area contributed by atoms with Crippen LogP contribution in [-0.2, 0) is 0 Å². The van der Waals surface area contributed by atoms with Crippen LogP contribution >= 0.6 is 0 Å². The molecular formula is C12H18N2O. The highest BCUT2D eigenvalue weighted by Crippen LogP contribution is 2.34. The van der Waals surface area contributed by atoms with E-state index in [-0.39, 0.29) is 6.10 Å². The predicted octanol–water partition coefficient (Wildman–Crippen LogP) is 2.70. The Morgan fingerprint density at radius 1 is 1.20 bits per heavy atom. The fraction of sp³-hybridized carbons (Fsp3) is 0.500. The monoisotopic (exact) mass is 206 g/mol. The van der Waals surface area contributed by atoms with Crippen molar-refractivity contribution in [3.63, 3.8) is 0 Å². The van der Waals surface area contributed by atoms with Crippen molar-refractivity contribution in [2.24, 2.45) is 0 Å². The Balaban J connectivity index is 2.30. The number of benzene rings is 1. The molecule has 1 aliphatic rings. The summed E-state index contributed by atoms with van der Waals surface area (Å²) < 4.78 is 5.77. The van der Waals surface area contributed by atoms with E-state index in [1.807, 2.05) is 26.0 Å². The summed E-state index contributed by atoms with van der Waals surface area (Å²) in [6, 6.07) is 6.12. The summed E-state index contributed by atoms with van der Waals surface area (Å²) in [5, 5.41) is 6.81. The Morgan fingerprint density at radius 2 is 2.00 bits per heavy atom. The summed E-state index contributed by atoms with van der Waals surface area (Å²) in [6.45, 7) is 6.11. The van der Waals surface area contributed by atoms with E-state index >= 15 is 0 Å². The Labute approximate surface area is 90.8 Å². The summed E-state index contributed by atoms with van der Waals surface area (Å²) in [5.74, 6) is 0.942. The minimum atomic E-state index is 0.210. The van der Waals surface area contributed by atoms with Gasteiger partial charge in [-0.15, -0.1) is 0 Å². The molecule has 15 heavy (non-hydrogen) atoms. The van der Waals surface area contributed by atoms with Gasteiger partial charge in [-0.25, -0.2) is 0 Å². The average molecular weight is 206 g/mol. The van der Waals surface area contributed by atoms with Crippen LogP contribution in [0.5, 0.6) is 5.75 Å².